The first kappa shape index (κ1) is 20.3. The summed E-state index contributed by atoms with van der Waals surface area (Å²) in [4.78, 5) is 22.8. The Kier molecular flexibility index (Phi) is 6.45. The number of amides is 1. The fourth-order valence-corrected chi connectivity index (χ4v) is 3.21. The van der Waals surface area contributed by atoms with Crippen LogP contribution in [-0.4, -0.2) is 33.4 Å². The number of benzene rings is 2. The van der Waals surface area contributed by atoms with Gasteiger partial charge < -0.3 is 14.5 Å². The largest absolute Gasteiger partial charge is 0.496 e. The molecule has 0 aliphatic carbocycles. The van der Waals surface area contributed by atoms with Gasteiger partial charge in [-0.15, -0.1) is 10.2 Å². The van der Waals surface area contributed by atoms with Crippen LogP contribution in [0.15, 0.2) is 58.2 Å². The van der Waals surface area contributed by atoms with Crippen LogP contribution in [0.3, 0.4) is 0 Å². The van der Waals surface area contributed by atoms with E-state index in [9.17, 15) is 14.9 Å². The van der Waals surface area contributed by atoms with Crippen LogP contribution in [0.4, 0.5) is 5.69 Å². The predicted octanol–water partition coefficient (Wildman–Crippen LogP) is 3.45. The molecular formula is C19H18N4O5S. The van der Waals surface area contributed by atoms with E-state index in [2.05, 4.69) is 15.5 Å². The molecule has 0 unspecified atom stereocenters. The van der Waals surface area contributed by atoms with Crippen molar-refractivity contribution in [3.05, 3.63) is 64.2 Å². The molecule has 0 aliphatic heterocycles. The second-order valence-corrected chi connectivity index (χ2v) is 7.26. The summed E-state index contributed by atoms with van der Waals surface area (Å²) in [5, 5.41) is 21.3. The number of para-hydroxylation sites is 1. The minimum Gasteiger partial charge on any atom is -0.496 e. The van der Waals surface area contributed by atoms with Crippen molar-refractivity contribution in [3.63, 3.8) is 0 Å². The Morgan fingerprint density at radius 3 is 2.83 bits per heavy atom. The summed E-state index contributed by atoms with van der Waals surface area (Å²) in [6, 6.07) is 13.3. The second kappa shape index (κ2) is 9.20. The van der Waals surface area contributed by atoms with E-state index in [1.807, 2.05) is 24.3 Å². The van der Waals surface area contributed by atoms with E-state index in [1.165, 1.54) is 12.1 Å². The summed E-state index contributed by atoms with van der Waals surface area (Å²) in [5.41, 5.74) is 1.23. The summed E-state index contributed by atoms with van der Waals surface area (Å²) in [7, 11) is 1.58. The first-order valence-corrected chi connectivity index (χ1v) is 9.50. The van der Waals surface area contributed by atoms with Crippen molar-refractivity contribution in [2.24, 2.45) is 0 Å². The standard InChI is InChI=1S/C19H18N4O5S/c1-12(17(24)20-11-14-6-3-4-9-16(14)27-2)29-19-22-21-18(28-19)13-7-5-8-15(10-13)23(25)26/h3-10,12H,11H2,1-2H3,(H,20,24)/t12-/m0/s1. The maximum atomic E-state index is 12.4. The first-order valence-electron chi connectivity index (χ1n) is 8.62. The van der Waals surface area contributed by atoms with Gasteiger partial charge in [-0.05, 0) is 19.1 Å². The summed E-state index contributed by atoms with van der Waals surface area (Å²) >= 11 is 1.11. The fraction of sp³-hybridized carbons (Fsp3) is 0.211. The van der Waals surface area contributed by atoms with Crippen molar-refractivity contribution in [3.8, 4) is 17.2 Å². The number of non-ortho nitro benzene ring substituents is 1. The number of hydrogen-bond donors (Lipinski definition) is 1. The summed E-state index contributed by atoms with van der Waals surface area (Å²) in [5.74, 6) is 0.653. The van der Waals surface area contributed by atoms with Gasteiger partial charge >= 0.3 is 0 Å². The predicted molar refractivity (Wildman–Crippen MR) is 107 cm³/mol. The van der Waals surface area contributed by atoms with Crippen LogP contribution in [0.25, 0.3) is 11.5 Å². The Balaban J connectivity index is 1.61. The van der Waals surface area contributed by atoms with Gasteiger partial charge in [-0.25, -0.2) is 0 Å². The van der Waals surface area contributed by atoms with Gasteiger partial charge in [0.1, 0.15) is 5.75 Å². The van der Waals surface area contributed by atoms with Gasteiger partial charge in [0.25, 0.3) is 10.9 Å². The van der Waals surface area contributed by atoms with E-state index in [1.54, 1.807) is 26.2 Å². The molecule has 3 aromatic rings. The number of nitro benzene ring substituents is 1. The maximum Gasteiger partial charge on any atom is 0.277 e. The number of nitrogens with zero attached hydrogens (tertiary/aromatic N) is 3. The van der Waals surface area contributed by atoms with E-state index in [4.69, 9.17) is 9.15 Å². The zero-order chi connectivity index (χ0) is 20.8. The number of nitrogens with one attached hydrogen (secondary N) is 1. The van der Waals surface area contributed by atoms with Crippen LogP contribution in [0.2, 0.25) is 0 Å². The third-order valence-electron chi connectivity index (χ3n) is 4.00. The second-order valence-electron chi connectivity index (χ2n) is 5.97. The molecule has 9 nitrogen and oxygen atoms in total. The highest BCUT2D eigenvalue weighted by Gasteiger charge is 2.19. The van der Waals surface area contributed by atoms with Crippen LogP contribution < -0.4 is 10.1 Å². The molecule has 1 heterocycles. The highest BCUT2D eigenvalue weighted by molar-refractivity contribution is 8.00. The minimum atomic E-state index is -0.496. The molecule has 1 aromatic heterocycles. The number of aromatic nitrogens is 2. The molecule has 150 valence electrons. The molecule has 29 heavy (non-hydrogen) atoms. The smallest absolute Gasteiger partial charge is 0.277 e. The molecule has 0 aliphatic rings. The van der Waals surface area contributed by atoms with Crippen molar-refractivity contribution in [1.29, 1.82) is 0 Å². The molecule has 3 rings (SSSR count). The van der Waals surface area contributed by atoms with Gasteiger partial charge in [0.2, 0.25) is 11.8 Å². The molecule has 1 N–H and O–H groups in total. The van der Waals surface area contributed by atoms with Crippen LogP contribution in [-0.2, 0) is 11.3 Å². The summed E-state index contributed by atoms with van der Waals surface area (Å²) in [6.07, 6.45) is 0. The maximum absolute atomic E-state index is 12.4. The first-order chi connectivity index (χ1) is 14.0. The van der Waals surface area contributed by atoms with Gasteiger partial charge in [-0.2, -0.15) is 0 Å². The van der Waals surface area contributed by atoms with Crippen LogP contribution >= 0.6 is 11.8 Å². The third-order valence-corrected chi connectivity index (χ3v) is 4.94. The molecule has 0 saturated heterocycles. The van der Waals surface area contributed by atoms with Gasteiger partial charge in [0.15, 0.2) is 0 Å². The molecule has 0 bridgehead atoms. The lowest BCUT2D eigenvalue weighted by Crippen LogP contribution is -2.30. The zero-order valence-corrected chi connectivity index (χ0v) is 16.5. The van der Waals surface area contributed by atoms with Crippen molar-refractivity contribution in [2.75, 3.05) is 7.11 Å². The number of carbonyl (C=O) groups excluding carboxylic acids is 1. The molecule has 1 amide bonds. The van der Waals surface area contributed by atoms with E-state index in [-0.39, 0.29) is 22.7 Å². The van der Waals surface area contributed by atoms with Crippen LogP contribution in [0.5, 0.6) is 5.75 Å². The molecule has 10 heteroatoms. The number of nitro groups is 1. The number of rotatable bonds is 8. The minimum absolute atomic E-state index is 0.0704. The average Bonchev–Trinajstić information content (AvgIpc) is 3.20. The summed E-state index contributed by atoms with van der Waals surface area (Å²) < 4.78 is 10.8. The van der Waals surface area contributed by atoms with Crippen molar-refractivity contribution in [2.45, 2.75) is 23.9 Å². The Morgan fingerprint density at radius 2 is 2.07 bits per heavy atom. The van der Waals surface area contributed by atoms with E-state index >= 15 is 0 Å². The Morgan fingerprint density at radius 1 is 1.28 bits per heavy atom. The average molecular weight is 414 g/mol. The molecule has 0 radical (unpaired) electrons. The molecule has 0 spiro atoms. The van der Waals surface area contributed by atoms with Crippen LogP contribution in [0, 0.1) is 10.1 Å². The quantitative estimate of drug-likeness (QED) is 0.338. The number of thioether (sulfide) groups is 1. The van der Waals surface area contributed by atoms with Gasteiger partial charge in [-0.1, -0.05) is 36.0 Å². The fourth-order valence-electron chi connectivity index (χ4n) is 2.51. The van der Waals surface area contributed by atoms with Crippen molar-refractivity contribution >= 4 is 23.4 Å². The topological polar surface area (TPSA) is 120 Å². The molecular weight excluding hydrogens is 396 g/mol. The number of carbonyl (C=O) groups is 1. The van der Waals surface area contributed by atoms with Gasteiger partial charge in [0.05, 0.1) is 17.3 Å². The number of ether oxygens (including phenoxy) is 1. The highest BCUT2D eigenvalue weighted by Crippen LogP contribution is 2.28. The Bertz CT molecular complexity index is 1020. The Hall–Kier alpha value is -3.40. The van der Waals surface area contributed by atoms with Gasteiger partial charge in [-0.3, -0.25) is 14.9 Å². The molecule has 1 atom stereocenters. The lowest BCUT2D eigenvalue weighted by atomic mass is 10.2. The number of methoxy groups -OCH3 is 1. The lowest BCUT2D eigenvalue weighted by Gasteiger charge is -2.12. The Labute approximate surface area is 170 Å². The normalized spacial score (nSPS) is 11.7. The molecule has 0 fully saturated rings. The van der Waals surface area contributed by atoms with E-state index < -0.39 is 10.2 Å². The van der Waals surface area contributed by atoms with Gasteiger partial charge in [0, 0.05) is 29.8 Å². The zero-order valence-electron chi connectivity index (χ0n) is 15.7. The van der Waals surface area contributed by atoms with Crippen LogP contribution in [0.1, 0.15) is 12.5 Å². The highest BCUT2D eigenvalue weighted by atomic mass is 32.2. The monoisotopic (exact) mass is 414 g/mol. The molecule has 0 saturated carbocycles. The number of hydrogen-bond acceptors (Lipinski definition) is 8. The lowest BCUT2D eigenvalue weighted by molar-refractivity contribution is -0.384. The van der Waals surface area contributed by atoms with E-state index in [0.29, 0.717) is 17.9 Å². The van der Waals surface area contributed by atoms with E-state index in [0.717, 1.165) is 17.3 Å². The van der Waals surface area contributed by atoms with Crippen molar-refractivity contribution in [1.82, 2.24) is 15.5 Å². The van der Waals surface area contributed by atoms with Crippen molar-refractivity contribution < 1.29 is 18.9 Å². The molecule has 2 aromatic carbocycles. The summed E-state index contributed by atoms with van der Waals surface area (Å²) in [6.45, 7) is 2.05. The third kappa shape index (κ3) is 5.11. The SMILES string of the molecule is COc1ccccc1CNC(=O)[C@H](C)Sc1nnc(-c2cccc([N+](=O)[O-])c2)o1.